The van der Waals surface area contributed by atoms with Gasteiger partial charge >= 0.3 is 6.09 Å². The van der Waals surface area contributed by atoms with Crippen molar-refractivity contribution in [2.24, 2.45) is 5.92 Å². The second-order valence-corrected chi connectivity index (χ2v) is 8.54. The van der Waals surface area contributed by atoms with Crippen molar-refractivity contribution in [2.75, 3.05) is 13.1 Å². The number of phenols is 1. The van der Waals surface area contributed by atoms with Crippen LogP contribution < -0.4 is 0 Å². The third kappa shape index (κ3) is 6.17. The van der Waals surface area contributed by atoms with Crippen molar-refractivity contribution in [3.05, 3.63) is 33.4 Å². The standard InChI is InChI=1S/C21H30N2O6/c1-5-6-15-12-19(25)16(13-17(15)23(27)28)18(24)11-14-7-9-22(10-8-14)20(26)29-21(2,3)4/h12-14,25H,5-11H2,1-4H3. The average molecular weight is 406 g/mol. The summed E-state index contributed by atoms with van der Waals surface area (Å²) in [7, 11) is 0. The summed E-state index contributed by atoms with van der Waals surface area (Å²) in [5.74, 6) is -0.477. The minimum Gasteiger partial charge on any atom is -0.507 e. The Morgan fingerprint density at radius 3 is 2.41 bits per heavy atom. The Morgan fingerprint density at radius 1 is 1.28 bits per heavy atom. The molecule has 0 saturated carbocycles. The van der Waals surface area contributed by atoms with Gasteiger partial charge < -0.3 is 14.7 Å². The molecule has 0 aromatic heterocycles. The summed E-state index contributed by atoms with van der Waals surface area (Å²) in [6.07, 6.45) is 2.26. The SMILES string of the molecule is CCCc1cc(O)c(C(=O)CC2CCN(C(=O)OC(C)(C)C)CC2)cc1[N+](=O)[O-]. The molecule has 1 aliphatic heterocycles. The number of nitro benzene ring substituents is 1. The molecule has 2 rings (SSSR count). The molecule has 8 heteroatoms. The van der Waals surface area contributed by atoms with E-state index in [0.717, 1.165) is 0 Å². The number of likely N-dealkylation sites (tertiary alicyclic amines) is 1. The number of benzene rings is 1. The number of hydrogen-bond donors (Lipinski definition) is 1. The van der Waals surface area contributed by atoms with E-state index >= 15 is 0 Å². The number of carbonyl (C=O) groups is 2. The van der Waals surface area contributed by atoms with E-state index in [1.807, 2.05) is 27.7 Å². The molecule has 29 heavy (non-hydrogen) atoms. The maximum Gasteiger partial charge on any atom is 0.410 e. The summed E-state index contributed by atoms with van der Waals surface area (Å²) in [6.45, 7) is 8.32. The van der Waals surface area contributed by atoms with Crippen molar-refractivity contribution in [1.82, 2.24) is 4.90 Å². The number of phenolic OH excluding ortho intramolecular Hbond substituents is 1. The summed E-state index contributed by atoms with van der Waals surface area (Å²) >= 11 is 0. The van der Waals surface area contributed by atoms with Crippen LogP contribution in [0.4, 0.5) is 10.5 Å². The highest BCUT2D eigenvalue weighted by Gasteiger charge is 2.29. The van der Waals surface area contributed by atoms with E-state index in [4.69, 9.17) is 4.74 Å². The Balaban J connectivity index is 2.02. The van der Waals surface area contributed by atoms with Gasteiger partial charge in [-0.1, -0.05) is 13.3 Å². The minimum atomic E-state index is -0.555. The van der Waals surface area contributed by atoms with Crippen molar-refractivity contribution in [1.29, 1.82) is 0 Å². The van der Waals surface area contributed by atoms with E-state index in [-0.39, 0.29) is 41.2 Å². The van der Waals surface area contributed by atoms with Crippen LogP contribution in [0.2, 0.25) is 0 Å². The van der Waals surface area contributed by atoms with Crippen LogP contribution in [0.25, 0.3) is 0 Å². The molecule has 1 saturated heterocycles. The first-order chi connectivity index (χ1) is 13.5. The largest absolute Gasteiger partial charge is 0.507 e. The molecule has 1 heterocycles. The Bertz CT molecular complexity index is 776. The fraction of sp³-hybridized carbons (Fsp3) is 0.619. The van der Waals surface area contributed by atoms with Crippen molar-refractivity contribution >= 4 is 17.6 Å². The van der Waals surface area contributed by atoms with Crippen LogP contribution >= 0.6 is 0 Å². The Hall–Kier alpha value is -2.64. The number of rotatable bonds is 6. The molecule has 0 unspecified atom stereocenters. The molecule has 0 radical (unpaired) electrons. The van der Waals surface area contributed by atoms with Crippen LogP contribution in [-0.4, -0.2) is 45.5 Å². The number of carbonyl (C=O) groups excluding carboxylic acids is 2. The summed E-state index contributed by atoms with van der Waals surface area (Å²) in [4.78, 5) is 37.3. The number of ketones is 1. The molecule has 0 bridgehead atoms. The van der Waals surface area contributed by atoms with Gasteiger partial charge in [-0.3, -0.25) is 14.9 Å². The van der Waals surface area contributed by atoms with Crippen molar-refractivity contribution in [3.63, 3.8) is 0 Å². The number of Topliss-reactive ketones (excluding diaryl/α,β-unsaturated/α-hetero) is 1. The minimum absolute atomic E-state index is 0.00822. The number of amides is 1. The maximum atomic E-state index is 12.7. The van der Waals surface area contributed by atoms with Crippen LogP contribution in [0.3, 0.4) is 0 Å². The monoisotopic (exact) mass is 406 g/mol. The average Bonchev–Trinajstić information content (AvgIpc) is 2.60. The third-order valence-electron chi connectivity index (χ3n) is 4.95. The zero-order chi connectivity index (χ0) is 21.8. The normalized spacial score (nSPS) is 15.2. The van der Waals surface area contributed by atoms with Gasteiger partial charge in [-0.05, 0) is 52.0 Å². The molecule has 0 aliphatic carbocycles. The highest BCUT2D eigenvalue weighted by Crippen LogP contribution is 2.32. The van der Waals surface area contributed by atoms with Gasteiger partial charge in [0.15, 0.2) is 5.78 Å². The van der Waals surface area contributed by atoms with Gasteiger partial charge in [-0.15, -0.1) is 0 Å². The number of nitro groups is 1. The second-order valence-electron chi connectivity index (χ2n) is 8.54. The van der Waals surface area contributed by atoms with Gasteiger partial charge in [0.1, 0.15) is 11.4 Å². The molecule has 1 aliphatic rings. The Kier molecular flexibility index (Phi) is 7.21. The lowest BCUT2D eigenvalue weighted by molar-refractivity contribution is -0.385. The first-order valence-corrected chi connectivity index (χ1v) is 10.0. The van der Waals surface area contributed by atoms with E-state index < -0.39 is 10.5 Å². The highest BCUT2D eigenvalue weighted by atomic mass is 16.6. The fourth-order valence-corrected chi connectivity index (χ4v) is 3.50. The lowest BCUT2D eigenvalue weighted by Gasteiger charge is -2.33. The molecule has 8 nitrogen and oxygen atoms in total. The van der Waals surface area contributed by atoms with Crippen molar-refractivity contribution in [2.45, 2.75) is 65.4 Å². The quantitative estimate of drug-likeness (QED) is 0.424. The van der Waals surface area contributed by atoms with Gasteiger partial charge in [0.05, 0.1) is 10.5 Å². The van der Waals surface area contributed by atoms with Crippen molar-refractivity contribution in [3.8, 4) is 5.75 Å². The molecule has 0 atom stereocenters. The van der Waals surface area contributed by atoms with Crippen LogP contribution in [0, 0.1) is 16.0 Å². The number of nitrogens with zero attached hydrogens (tertiary/aromatic N) is 2. The summed E-state index contributed by atoms with van der Waals surface area (Å²) in [5.41, 5.74) is -0.267. The van der Waals surface area contributed by atoms with E-state index in [9.17, 15) is 24.8 Å². The molecule has 1 amide bonds. The van der Waals surface area contributed by atoms with Gasteiger partial charge in [-0.25, -0.2) is 4.79 Å². The number of piperidine rings is 1. The zero-order valence-corrected chi connectivity index (χ0v) is 17.6. The molecular weight excluding hydrogens is 376 g/mol. The van der Waals surface area contributed by atoms with E-state index in [0.29, 0.717) is 44.3 Å². The predicted octanol–water partition coefficient (Wildman–Crippen LogP) is 4.47. The molecule has 1 fully saturated rings. The molecular formula is C21H30N2O6. The summed E-state index contributed by atoms with van der Waals surface area (Å²) < 4.78 is 5.37. The lowest BCUT2D eigenvalue weighted by Crippen LogP contribution is -2.42. The van der Waals surface area contributed by atoms with Gasteiger partial charge in [0.2, 0.25) is 0 Å². The third-order valence-corrected chi connectivity index (χ3v) is 4.95. The highest BCUT2D eigenvalue weighted by molar-refractivity contribution is 5.99. The molecule has 1 aromatic carbocycles. The topological polar surface area (TPSA) is 110 Å². The van der Waals surface area contributed by atoms with E-state index in [2.05, 4.69) is 0 Å². The number of hydrogen-bond acceptors (Lipinski definition) is 6. The first kappa shape index (κ1) is 22.6. The van der Waals surface area contributed by atoms with Crippen LogP contribution in [-0.2, 0) is 11.2 Å². The lowest BCUT2D eigenvalue weighted by atomic mass is 9.89. The van der Waals surface area contributed by atoms with Crippen LogP contribution in [0.15, 0.2) is 12.1 Å². The van der Waals surface area contributed by atoms with Crippen LogP contribution in [0.1, 0.15) is 69.3 Å². The summed E-state index contributed by atoms with van der Waals surface area (Å²) in [5, 5.41) is 21.6. The Labute approximate surface area is 171 Å². The van der Waals surface area contributed by atoms with E-state index in [1.54, 1.807) is 4.90 Å². The molecule has 1 N–H and O–H groups in total. The van der Waals surface area contributed by atoms with Gasteiger partial charge in [-0.2, -0.15) is 0 Å². The van der Waals surface area contributed by atoms with E-state index in [1.165, 1.54) is 12.1 Å². The van der Waals surface area contributed by atoms with Gasteiger partial charge in [0, 0.05) is 31.1 Å². The van der Waals surface area contributed by atoms with Crippen LogP contribution in [0.5, 0.6) is 5.75 Å². The molecule has 160 valence electrons. The fourth-order valence-electron chi connectivity index (χ4n) is 3.50. The summed E-state index contributed by atoms with van der Waals surface area (Å²) in [6, 6.07) is 2.53. The first-order valence-electron chi connectivity index (χ1n) is 10.0. The van der Waals surface area contributed by atoms with Crippen molar-refractivity contribution < 1.29 is 24.4 Å². The maximum absolute atomic E-state index is 12.7. The smallest absolute Gasteiger partial charge is 0.410 e. The molecule has 0 spiro atoms. The zero-order valence-electron chi connectivity index (χ0n) is 17.6. The Morgan fingerprint density at radius 2 is 1.90 bits per heavy atom. The number of aryl methyl sites for hydroxylation is 1. The predicted molar refractivity (Wildman–Crippen MR) is 108 cm³/mol. The van der Waals surface area contributed by atoms with Gasteiger partial charge in [0.25, 0.3) is 5.69 Å². The molecule has 1 aromatic rings. The number of aromatic hydroxyl groups is 1. The second kappa shape index (κ2) is 9.24. The number of ether oxygens (including phenoxy) is 1.